The standard InChI is InChI=1S/C15H13ClFNO3/c1-8-5-9(6-14(20)21)12(7-13(8)19)18-15-10(16)3-2-4-11(15)17/h2-5,7,18-19H,6H2,1H3,(H,20,21). The van der Waals surface area contributed by atoms with Crippen LogP contribution in [0.5, 0.6) is 5.75 Å². The van der Waals surface area contributed by atoms with Gasteiger partial charge in [0.2, 0.25) is 0 Å². The van der Waals surface area contributed by atoms with Crippen molar-refractivity contribution in [1.82, 2.24) is 0 Å². The molecule has 0 saturated heterocycles. The summed E-state index contributed by atoms with van der Waals surface area (Å²) in [4.78, 5) is 10.9. The van der Waals surface area contributed by atoms with Crippen molar-refractivity contribution in [2.24, 2.45) is 0 Å². The van der Waals surface area contributed by atoms with E-state index in [-0.39, 0.29) is 22.9 Å². The summed E-state index contributed by atoms with van der Waals surface area (Å²) < 4.78 is 13.8. The van der Waals surface area contributed by atoms with Gasteiger partial charge in [0.1, 0.15) is 11.6 Å². The molecule has 0 amide bonds. The van der Waals surface area contributed by atoms with Crippen LogP contribution in [0.2, 0.25) is 5.02 Å². The van der Waals surface area contributed by atoms with Crippen LogP contribution in [0.15, 0.2) is 30.3 Å². The molecule has 2 rings (SSSR count). The lowest BCUT2D eigenvalue weighted by Gasteiger charge is -2.14. The zero-order chi connectivity index (χ0) is 15.6. The van der Waals surface area contributed by atoms with Crippen molar-refractivity contribution >= 4 is 28.9 Å². The number of hydrogen-bond acceptors (Lipinski definition) is 3. The molecule has 0 saturated carbocycles. The second kappa shape index (κ2) is 6.01. The molecule has 0 heterocycles. The summed E-state index contributed by atoms with van der Waals surface area (Å²) in [6.07, 6.45) is -0.254. The monoisotopic (exact) mass is 309 g/mol. The summed E-state index contributed by atoms with van der Waals surface area (Å²) in [5.74, 6) is -1.61. The van der Waals surface area contributed by atoms with E-state index in [1.165, 1.54) is 24.3 Å². The van der Waals surface area contributed by atoms with Crippen molar-refractivity contribution in [3.8, 4) is 5.75 Å². The molecule has 0 atom stereocenters. The Hall–Kier alpha value is -2.27. The number of aryl methyl sites for hydroxylation is 1. The Bertz CT molecular complexity index is 683. The molecule has 21 heavy (non-hydrogen) atoms. The third-order valence-corrected chi connectivity index (χ3v) is 3.30. The van der Waals surface area contributed by atoms with Crippen molar-refractivity contribution in [3.05, 3.63) is 52.3 Å². The maximum absolute atomic E-state index is 13.8. The maximum atomic E-state index is 13.8. The van der Waals surface area contributed by atoms with E-state index < -0.39 is 11.8 Å². The molecule has 0 aliphatic carbocycles. The minimum Gasteiger partial charge on any atom is -0.508 e. The number of para-hydroxylation sites is 1. The molecule has 110 valence electrons. The minimum atomic E-state index is -1.03. The average molecular weight is 310 g/mol. The first kappa shape index (κ1) is 15.1. The fourth-order valence-corrected chi connectivity index (χ4v) is 2.14. The van der Waals surface area contributed by atoms with Crippen LogP contribution in [0, 0.1) is 12.7 Å². The third-order valence-electron chi connectivity index (χ3n) is 2.99. The zero-order valence-corrected chi connectivity index (χ0v) is 11.9. The Balaban J connectivity index is 2.47. The van der Waals surface area contributed by atoms with Crippen LogP contribution < -0.4 is 5.32 Å². The minimum absolute atomic E-state index is 0.0147. The highest BCUT2D eigenvalue weighted by atomic mass is 35.5. The number of benzene rings is 2. The van der Waals surface area contributed by atoms with Crippen LogP contribution >= 0.6 is 11.6 Å². The highest BCUT2D eigenvalue weighted by molar-refractivity contribution is 6.33. The van der Waals surface area contributed by atoms with Gasteiger partial charge >= 0.3 is 5.97 Å². The number of aromatic hydroxyl groups is 1. The van der Waals surface area contributed by atoms with Crippen LogP contribution in [-0.2, 0) is 11.2 Å². The lowest BCUT2D eigenvalue weighted by atomic mass is 10.0. The Kier molecular flexibility index (Phi) is 4.33. The summed E-state index contributed by atoms with van der Waals surface area (Å²) in [6, 6.07) is 7.11. The third kappa shape index (κ3) is 3.44. The van der Waals surface area contributed by atoms with E-state index in [4.69, 9.17) is 16.7 Å². The van der Waals surface area contributed by atoms with E-state index in [9.17, 15) is 14.3 Å². The van der Waals surface area contributed by atoms with Crippen LogP contribution in [0.25, 0.3) is 0 Å². The Morgan fingerprint density at radius 1 is 1.38 bits per heavy atom. The molecule has 0 bridgehead atoms. The fourth-order valence-electron chi connectivity index (χ4n) is 1.93. The van der Waals surface area contributed by atoms with Gasteiger partial charge in [-0.15, -0.1) is 0 Å². The van der Waals surface area contributed by atoms with Crippen molar-refractivity contribution in [2.45, 2.75) is 13.3 Å². The largest absolute Gasteiger partial charge is 0.508 e. The van der Waals surface area contributed by atoms with Crippen molar-refractivity contribution in [1.29, 1.82) is 0 Å². The number of phenolic OH excluding ortho intramolecular Hbond substituents is 1. The number of nitrogens with one attached hydrogen (secondary N) is 1. The molecule has 0 aromatic heterocycles. The molecule has 0 aliphatic heterocycles. The number of hydrogen-bond donors (Lipinski definition) is 3. The molecular weight excluding hydrogens is 297 g/mol. The van der Waals surface area contributed by atoms with E-state index in [1.54, 1.807) is 13.0 Å². The summed E-state index contributed by atoms with van der Waals surface area (Å²) in [6.45, 7) is 1.65. The van der Waals surface area contributed by atoms with Crippen molar-refractivity contribution in [2.75, 3.05) is 5.32 Å². The summed E-state index contributed by atoms with van der Waals surface area (Å²) in [7, 11) is 0. The number of phenols is 1. The average Bonchev–Trinajstić information content (AvgIpc) is 2.39. The second-order valence-electron chi connectivity index (χ2n) is 4.59. The van der Waals surface area contributed by atoms with Gasteiger partial charge in [0.25, 0.3) is 0 Å². The zero-order valence-electron chi connectivity index (χ0n) is 11.2. The molecule has 0 radical (unpaired) electrons. The molecule has 2 aromatic carbocycles. The molecular formula is C15H13ClFNO3. The lowest BCUT2D eigenvalue weighted by Crippen LogP contribution is -2.05. The number of anilines is 2. The van der Waals surface area contributed by atoms with Gasteiger partial charge in [0, 0.05) is 11.8 Å². The summed E-state index contributed by atoms with van der Waals surface area (Å²) in [5.41, 5.74) is 1.30. The first-order valence-electron chi connectivity index (χ1n) is 6.14. The highest BCUT2D eigenvalue weighted by Gasteiger charge is 2.14. The first-order valence-corrected chi connectivity index (χ1v) is 6.51. The van der Waals surface area contributed by atoms with E-state index in [0.29, 0.717) is 16.8 Å². The predicted molar refractivity (Wildman–Crippen MR) is 78.9 cm³/mol. The topological polar surface area (TPSA) is 69.6 Å². The Morgan fingerprint density at radius 3 is 2.71 bits per heavy atom. The fraction of sp³-hybridized carbons (Fsp3) is 0.133. The van der Waals surface area contributed by atoms with Gasteiger partial charge in [0.05, 0.1) is 17.1 Å². The molecule has 2 aromatic rings. The summed E-state index contributed by atoms with van der Waals surface area (Å²) in [5, 5.41) is 21.6. The molecule has 3 N–H and O–H groups in total. The van der Waals surface area contributed by atoms with Gasteiger partial charge in [-0.2, -0.15) is 0 Å². The highest BCUT2D eigenvalue weighted by Crippen LogP contribution is 2.33. The van der Waals surface area contributed by atoms with E-state index in [0.717, 1.165) is 0 Å². The van der Waals surface area contributed by atoms with Crippen molar-refractivity contribution < 1.29 is 19.4 Å². The van der Waals surface area contributed by atoms with Gasteiger partial charge in [-0.25, -0.2) is 4.39 Å². The number of carboxylic acid groups (broad SMARTS) is 1. The van der Waals surface area contributed by atoms with Crippen LogP contribution in [0.4, 0.5) is 15.8 Å². The number of carbonyl (C=O) groups is 1. The van der Waals surface area contributed by atoms with Gasteiger partial charge in [-0.1, -0.05) is 17.7 Å². The molecule has 0 aliphatic rings. The van der Waals surface area contributed by atoms with Crippen LogP contribution in [0.3, 0.4) is 0 Å². The maximum Gasteiger partial charge on any atom is 0.307 e. The lowest BCUT2D eigenvalue weighted by molar-refractivity contribution is -0.136. The number of halogens is 2. The second-order valence-corrected chi connectivity index (χ2v) is 5.00. The van der Waals surface area contributed by atoms with E-state index in [2.05, 4.69) is 5.32 Å². The summed E-state index contributed by atoms with van der Waals surface area (Å²) >= 11 is 5.93. The molecule has 4 nitrogen and oxygen atoms in total. The first-order chi connectivity index (χ1) is 9.88. The van der Waals surface area contributed by atoms with E-state index >= 15 is 0 Å². The van der Waals surface area contributed by atoms with Gasteiger partial charge in [-0.05, 0) is 36.2 Å². The Labute approximate surface area is 125 Å². The molecule has 0 spiro atoms. The SMILES string of the molecule is Cc1cc(CC(=O)O)c(Nc2c(F)cccc2Cl)cc1O. The van der Waals surface area contributed by atoms with Crippen LogP contribution in [-0.4, -0.2) is 16.2 Å². The molecule has 0 fully saturated rings. The van der Waals surface area contributed by atoms with E-state index in [1.807, 2.05) is 0 Å². The van der Waals surface area contributed by atoms with Crippen LogP contribution in [0.1, 0.15) is 11.1 Å². The van der Waals surface area contributed by atoms with Gasteiger partial charge in [0.15, 0.2) is 0 Å². The van der Waals surface area contributed by atoms with Crippen molar-refractivity contribution in [3.63, 3.8) is 0 Å². The number of rotatable bonds is 4. The Morgan fingerprint density at radius 2 is 2.10 bits per heavy atom. The molecule has 6 heteroatoms. The quantitative estimate of drug-likeness (QED) is 0.802. The molecule has 0 unspecified atom stereocenters. The number of aliphatic carboxylic acids is 1. The van der Waals surface area contributed by atoms with Gasteiger partial charge < -0.3 is 15.5 Å². The smallest absolute Gasteiger partial charge is 0.307 e. The predicted octanol–water partition coefficient (Wildman–Crippen LogP) is 3.86. The van der Waals surface area contributed by atoms with Gasteiger partial charge in [-0.3, -0.25) is 4.79 Å². The number of carboxylic acids is 1. The normalized spacial score (nSPS) is 10.4.